The zero-order chi connectivity index (χ0) is 18.4. The molecule has 25 heavy (non-hydrogen) atoms. The summed E-state index contributed by atoms with van der Waals surface area (Å²) in [6.45, 7) is 2.72. The number of ketones is 1. The molecule has 0 atom stereocenters. The zero-order valence-electron chi connectivity index (χ0n) is 14.9. The Labute approximate surface area is 148 Å². The maximum atomic E-state index is 12.8. The van der Waals surface area contributed by atoms with Crippen molar-refractivity contribution in [3.05, 3.63) is 22.6 Å². The molecule has 0 radical (unpaired) electrons. The largest absolute Gasteiger partial charge is 0.455 e. The first-order valence-corrected chi connectivity index (χ1v) is 10.4. The summed E-state index contributed by atoms with van der Waals surface area (Å²) in [5.41, 5.74) is 1.22. The van der Waals surface area contributed by atoms with Crippen molar-refractivity contribution in [3.8, 4) is 0 Å². The molecule has 1 aliphatic carbocycles. The van der Waals surface area contributed by atoms with Crippen molar-refractivity contribution >= 4 is 21.7 Å². The number of sulfonamides is 1. The highest BCUT2D eigenvalue weighted by Crippen LogP contribution is 2.30. The smallest absolute Gasteiger partial charge is 0.289 e. The first-order chi connectivity index (χ1) is 11.7. The number of hydrogen-bond acceptors (Lipinski definition) is 5. The topological polar surface area (TPSA) is 87.9 Å². The molecule has 1 aromatic heterocycles. The van der Waals surface area contributed by atoms with E-state index >= 15 is 0 Å². The Morgan fingerprint density at radius 2 is 1.88 bits per heavy atom. The van der Waals surface area contributed by atoms with Crippen molar-refractivity contribution in [2.45, 2.75) is 45.1 Å². The summed E-state index contributed by atoms with van der Waals surface area (Å²) in [6.07, 6.45) is 4.33. The molecule has 0 unspecified atom stereocenters. The molecular weight excluding hydrogens is 344 g/mol. The van der Waals surface area contributed by atoms with Crippen LogP contribution in [0.3, 0.4) is 0 Å². The predicted octanol–water partition coefficient (Wildman–Crippen LogP) is 1.60. The molecule has 3 rings (SSSR count). The maximum absolute atomic E-state index is 12.8. The number of carbonyl (C=O) groups is 2. The fraction of sp³-hybridized carbons (Fsp3) is 0.647. The van der Waals surface area contributed by atoms with E-state index in [2.05, 4.69) is 0 Å². The zero-order valence-corrected chi connectivity index (χ0v) is 15.7. The quantitative estimate of drug-likeness (QED) is 0.809. The number of rotatable bonds is 3. The number of Topliss-reactive ketones (excluding diaryl/α,β-unsaturated/α-hetero) is 1. The lowest BCUT2D eigenvalue weighted by molar-refractivity contribution is 0.0651. The standard InChI is InChI=1S/C17H24N2O5S/c1-11-15-13(20)5-4-6-14(15)24-16(11)17(21)19-9-7-12(8-10-19)18(2)25(3,22)23/h12H,4-10H2,1-3H3. The number of amides is 1. The molecule has 1 aliphatic heterocycles. The average Bonchev–Trinajstić information content (AvgIpc) is 2.91. The van der Waals surface area contributed by atoms with Gasteiger partial charge in [-0.3, -0.25) is 9.59 Å². The van der Waals surface area contributed by atoms with Crippen LogP contribution in [0.25, 0.3) is 0 Å². The lowest BCUT2D eigenvalue weighted by atomic mass is 9.94. The van der Waals surface area contributed by atoms with Crippen molar-refractivity contribution in [1.29, 1.82) is 0 Å². The van der Waals surface area contributed by atoms with E-state index in [1.165, 1.54) is 10.6 Å². The van der Waals surface area contributed by atoms with Crippen LogP contribution in [-0.2, 0) is 16.4 Å². The molecule has 0 saturated carbocycles. The van der Waals surface area contributed by atoms with Crippen LogP contribution < -0.4 is 0 Å². The number of fused-ring (bicyclic) bond motifs is 1. The van der Waals surface area contributed by atoms with E-state index in [9.17, 15) is 18.0 Å². The molecule has 1 amide bonds. The average molecular weight is 368 g/mol. The SMILES string of the molecule is Cc1c(C(=O)N2CCC(N(C)S(C)(=O)=O)CC2)oc2c1C(=O)CCC2. The number of carbonyl (C=O) groups excluding carboxylic acids is 2. The van der Waals surface area contributed by atoms with Crippen molar-refractivity contribution < 1.29 is 22.4 Å². The van der Waals surface area contributed by atoms with Gasteiger partial charge in [0.15, 0.2) is 11.5 Å². The minimum atomic E-state index is -3.23. The second-order valence-corrected chi connectivity index (χ2v) is 8.98. The van der Waals surface area contributed by atoms with Crippen LogP contribution in [0.2, 0.25) is 0 Å². The lowest BCUT2D eigenvalue weighted by Gasteiger charge is -2.35. The molecular formula is C17H24N2O5S. The van der Waals surface area contributed by atoms with Gasteiger partial charge in [0, 0.05) is 44.6 Å². The molecule has 1 saturated heterocycles. The Kier molecular flexibility index (Phi) is 4.76. The Hall–Kier alpha value is -1.67. The van der Waals surface area contributed by atoms with Gasteiger partial charge >= 0.3 is 0 Å². The summed E-state index contributed by atoms with van der Waals surface area (Å²) in [4.78, 5) is 26.6. The van der Waals surface area contributed by atoms with Crippen LogP contribution in [0.1, 0.15) is 57.9 Å². The van der Waals surface area contributed by atoms with Gasteiger partial charge in [0.05, 0.1) is 11.8 Å². The van der Waals surface area contributed by atoms with E-state index in [-0.39, 0.29) is 23.5 Å². The Bertz CT molecular complexity index is 803. The number of aryl methyl sites for hydroxylation is 1. The molecule has 138 valence electrons. The second kappa shape index (κ2) is 6.57. The third-order valence-corrected chi connectivity index (χ3v) is 6.63. The molecule has 1 aromatic rings. The summed E-state index contributed by atoms with van der Waals surface area (Å²) >= 11 is 0. The van der Waals surface area contributed by atoms with Crippen LogP contribution in [0.15, 0.2) is 4.42 Å². The minimum absolute atomic E-state index is 0.0510. The fourth-order valence-corrected chi connectivity index (χ4v) is 4.45. The van der Waals surface area contributed by atoms with Crippen molar-refractivity contribution in [1.82, 2.24) is 9.21 Å². The van der Waals surface area contributed by atoms with Crippen LogP contribution in [0.4, 0.5) is 0 Å². The second-order valence-electron chi connectivity index (χ2n) is 6.93. The van der Waals surface area contributed by atoms with Gasteiger partial charge in [-0.25, -0.2) is 12.7 Å². The van der Waals surface area contributed by atoms with Crippen molar-refractivity contribution in [3.63, 3.8) is 0 Å². The van der Waals surface area contributed by atoms with Crippen LogP contribution >= 0.6 is 0 Å². The Balaban J connectivity index is 1.73. The maximum Gasteiger partial charge on any atom is 0.289 e. The van der Waals surface area contributed by atoms with Crippen LogP contribution in [-0.4, -0.2) is 61.7 Å². The highest BCUT2D eigenvalue weighted by Gasteiger charge is 2.34. The van der Waals surface area contributed by atoms with Gasteiger partial charge in [-0.15, -0.1) is 0 Å². The van der Waals surface area contributed by atoms with Crippen LogP contribution in [0.5, 0.6) is 0 Å². The molecule has 0 bridgehead atoms. The van der Waals surface area contributed by atoms with Gasteiger partial charge < -0.3 is 9.32 Å². The number of hydrogen-bond donors (Lipinski definition) is 0. The molecule has 2 heterocycles. The highest BCUT2D eigenvalue weighted by atomic mass is 32.2. The van der Waals surface area contributed by atoms with E-state index in [0.29, 0.717) is 55.7 Å². The van der Waals surface area contributed by atoms with E-state index in [1.807, 2.05) is 0 Å². The van der Waals surface area contributed by atoms with Gasteiger partial charge in [0.25, 0.3) is 5.91 Å². The molecule has 8 heteroatoms. The normalized spacial score (nSPS) is 19.4. The summed E-state index contributed by atoms with van der Waals surface area (Å²) in [6, 6.07) is -0.0912. The summed E-state index contributed by atoms with van der Waals surface area (Å²) in [5.74, 6) is 0.731. The number of nitrogens with zero attached hydrogens (tertiary/aromatic N) is 2. The van der Waals surface area contributed by atoms with Crippen molar-refractivity contribution in [2.24, 2.45) is 0 Å². The molecule has 1 fully saturated rings. The number of likely N-dealkylation sites (tertiary alicyclic amines) is 1. The Morgan fingerprint density at radius 3 is 2.44 bits per heavy atom. The summed E-state index contributed by atoms with van der Waals surface area (Å²) in [5, 5.41) is 0. The van der Waals surface area contributed by atoms with E-state index in [1.54, 1.807) is 18.9 Å². The molecule has 0 aromatic carbocycles. The van der Waals surface area contributed by atoms with Gasteiger partial charge in [-0.05, 0) is 26.2 Å². The predicted molar refractivity (Wildman–Crippen MR) is 92.2 cm³/mol. The van der Waals surface area contributed by atoms with Crippen molar-refractivity contribution in [2.75, 3.05) is 26.4 Å². The Morgan fingerprint density at radius 1 is 1.24 bits per heavy atom. The van der Waals surface area contributed by atoms with E-state index in [4.69, 9.17) is 4.42 Å². The third kappa shape index (κ3) is 3.37. The molecule has 2 aliphatic rings. The summed E-state index contributed by atoms with van der Waals surface area (Å²) < 4.78 is 30.4. The van der Waals surface area contributed by atoms with Gasteiger partial charge in [0.1, 0.15) is 5.76 Å². The van der Waals surface area contributed by atoms with E-state index < -0.39 is 10.0 Å². The first-order valence-electron chi connectivity index (χ1n) is 8.58. The monoisotopic (exact) mass is 368 g/mol. The van der Waals surface area contributed by atoms with Gasteiger partial charge in [0.2, 0.25) is 10.0 Å². The summed E-state index contributed by atoms with van der Waals surface area (Å²) in [7, 11) is -1.66. The van der Waals surface area contributed by atoms with Gasteiger partial charge in [-0.1, -0.05) is 0 Å². The van der Waals surface area contributed by atoms with Crippen LogP contribution in [0, 0.1) is 6.92 Å². The van der Waals surface area contributed by atoms with Gasteiger partial charge in [-0.2, -0.15) is 0 Å². The molecule has 7 nitrogen and oxygen atoms in total. The molecule has 0 spiro atoms. The van der Waals surface area contributed by atoms with E-state index in [0.717, 1.165) is 6.42 Å². The molecule has 0 N–H and O–H groups in total. The number of furan rings is 1. The third-order valence-electron chi connectivity index (χ3n) is 5.29. The number of piperidine rings is 1. The lowest BCUT2D eigenvalue weighted by Crippen LogP contribution is -2.47. The first kappa shape index (κ1) is 18.1. The minimum Gasteiger partial charge on any atom is -0.455 e. The fourth-order valence-electron chi connectivity index (χ4n) is 3.70. The highest BCUT2D eigenvalue weighted by molar-refractivity contribution is 7.88.